The Morgan fingerprint density at radius 3 is 2.39 bits per heavy atom. The van der Waals surface area contributed by atoms with Crippen LogP contribution < -0.4 is 4.90 Å². The van der Waals surface area contributed by atoms with Gasteiger partial charge in [-0.2, -0.15) is 0 Å². The van der Waals surface area contributed by atoms with Gasteiger partial charge < -0.3 is 14.6 Å². The lowest BCUT2D eigenvalue weighted by molar-refractivity contribution is -0.136. The SMILES string of the molecule is O=C(CC1(O)C(=O)N(Cc2cccc3ccccc23)c2ccccc21)c1cccc(-n2cccc2)c1. The summed E-state index contributed by atoms with van der Waals surface area (Å²) in [6.45, 7) is 0.302. The summed E-state index contributed by atoms with van der Waals surface area (Å²) in [6, 6.07) is 32.3. The van der Waals surface area contributed by atoms with E-state index in [4.69, 9.17) is 0 Å². The molecule has 6 rings (SSSR count). The fourth-order valence-electron chi connectivity index (χ4n) is 5.12. The maximum Gasteiger partial charge on any atom is 0.264 e. The number of carbonyl (C=O) groups is 2. The minimum Gasteiger partial charge on any atom is -0.375 e. The molecular weight excluding hydrogens is 448 g/mol. The average Bonchev–Trinajstić information content (AvgIpc) is 3.52. The molecule has 0 saturated carbocycles. The first kappa shape index (κ1) is 22.0. The molecule has 176 valence electrons. The first-order chi connectivity index (χ1) is 17.5. The predicted octanol–water partition coefficient (Wildman–Crippen LogP) is 5.64. The highest BCUT2D eigenvalue weighted by Gasteiger charge is 2.50. The minimum atomic E-state index is -1.93. The van der Waals surface area contributed by atoms with Gasteiger partial charge in [0, 0.05) is 29.2 Å². The maximum absolute atomic E-state index is 13.8. The standard InChI is InChI=1S/C31H24N2O3/c34-29(23-11-8-13-25(19-23)32-17-5-6-18-32)20-31(36)27-15-3-4-16-28(27)33(30(31)35)21-24-12-7-10-22-9-1-2-14-26(22)24/h1-19,36H,20-21H2. The number of hydrogen-bond acceptors (Lipinski definition) is 3. The van der Waals surface area contributed by atoms with Crippen molar-refractivity contribution in [2.45, 2.75) is 18.6 Å². The van der Waals surface area contributed by atoms with Crippen molar-refractivity contribution in [3.63, 3.8) is 0 Å². The molecule has 2 heterocycles. The molecule has 36 heavy (non-hydrogen) atoms. The van der Waals surface area contributed by atoms with Crippen molar-refractivity contribution < 1.29 is 14.7 Å². The van der Waals surface area contributed by atoms with E-state index in [-0.39, 0.29) is 12.2 Å². The van der Waals surface area contributed by atoms with Crippen LogP contribution in [0.15, 0.2) is 116 Å². The van der Waals surface area contributed by atoms with Crippen molar-refractivity contribution in [2.24, 2.45) is 0 Å². The number of rotatable bonds is 6. The van der Waals surface area contributed by atoms with E-state index in [1.165, 1.54) is 0 Å². The molecule has 5 heteroatoms. The largest absolute Gasteiger partial charge is 0.375 e. The third-order valence-corrected chi connectivity index (χ3v) is 6.93. The molecule has 1 aliphatic heterocycles. The van der Waals surface area contributed by atoms with Gasteiger partial charge in [-0.25, -0.2) is 0 Å². The smallest absolute Gasteiger partial charge is 0.264 e. The van der Waals surface area contributed by atoms with Gasteiger partial charge in [-0.3, -0.25) is 9.59 Å². The molecule has 5 aromatic rings. The third-order valence-electron chi connectivity index (χ3n) is 6.93. The molecule has 5 nitrogen and oxygen atoms in total. The quantitative estimate of drug-likeness (QED) is 0.326. The molecule has 1 amide bonds. The molecule has 1 N–H and O–H groups in total. The number of anilines is 1. The Morgan fingerprint density at radius 2 is 1.53 bits per heavy atom. The van der Waals surface area contributed by atoms with Crippen LogP contribution >= 0.6 is 0 Å². The van der Waals surface area contributed by atoms with Crippen LogP contribution in [0.25, 0.3) is 16.5 Å². The van der Waals surface area contributed by atoms with Crippen LogP contribution in [0.1, 0.15) is 27.9 Å². The zero-order valence-electron chi connectivity index (χ0n) is 19.5. The maximum atomic E-state index is 13.8. The number of benzene rings is 4. The van der Waals surface area contributed by atoms with E-state index >= 15 is 0 Å². The van der Waals surface area contributed by atoms with Gasteiger partial charge in [0.2, 0.25) is 0 Å². The first-order valence-corrected chi connectivity index (χ1v) is 11.9. The number of aliphatic hydroxyl groups is 1. The molecule has 1 aliphatic rings. The van der Waals surface area contributed by atoms with E-state index in [1.54, 1.807) is 29.2 Å². The van der Waals surface area contributed by atoms with Gasteiger partial charge in [-0.05, 0) is 46.7 Å². The number of hydrogen-bond donors (Lipinski definition) is 1. The van der Waals surface area contributed by atoms with Gasteiger partial charge in [0.15, 0.2) is 11.4 Å². The van der Waals surface area contributed by atoms with Gasteiger partial charge in [-0.1, -0.05) is 72.8 Å². The average molecular weight is 473 g/mol. The van der Waals surface area contributed by atoms with Crippen LogP contribution in [0.5, 0.6) is 0 Å². The van der Waals surface area contributed by atoms with E-state index in [0.29, 0.717) is 23.4 Å². The van der Waals surface area contributed by atoms with Crippen molar-refractivity contribution in [3.8, 4) is 5.69 Å². The molecule has 0 radical (unpaired) electrons. The van der Waals surface area contributed by atoms with Crippen molar-refractivity contribution in [3.05, 3.63) is 132 Å². The topological polar surface area (TPSA) is 62.5 Å². The van der Waals surface area contributed by atoms with E-state index in [2.05, 4.69) is 0 Å². The Labute approximate surface area is 208 Å². The summed E-state index contributed by atoms with van der Waals surface area (Å²) in [7, 11) is 0. The number of amides is 1. The van der Waals surface area contributed by atoms with Crippen molar-refractivity contribution in [1.29, 1.82) is 0 Å². The zero-order chi connectivity index (χ0) is 24.7. The Morgan fingerprint density at radius 1 is 0.806 bits per heavy atom. The molecule has 0 bridgehead atoms. The molecule has 0 aliphatic carbocycles. The Bertz CT molecular complexity index is 1600. The minimum absolute atomic E-state index is 0.290. The second kappa shape index (κ2) is 8.63. The van der Waals surface area contributed by atoms with E-state index in [9.17, 15) is 14.7 Å². The van der Waals surface area contributed by atoms with Crippen molar-refractivity contribution >= 4 is 28.2 Å². The Balaban J connectivity index is 1.34. The van der Waals surface area contributed by atoms with Crippen LogP contribution in [0.3, 0.4) is 0 Å². The van der Waals surface area contributed by atoms with Crippen molar-refractivity contribution in [1.82, 2.24) is 4.57 Å². The second-order valence-electron chi connectivity index (χ2n) is 9.15. The highest BCUT2D eigenvalue weighted by molar-refractivity contribution is 6.11. The van der Waals surface area contributed by atoms with Crippen LogP contribution in [-0.2, 0) is 16.9 Å². The number of para-hydroxylation sites is 1. The molecule has 0 saturated heterocycles. The van der Waals surface area contributed by atoms with Crippen LogP contribution in [0, 0.1) is 0 Å². The van der Waals surface area contributed by atoms with Gasteiger partial charge in [0.1, 0.15) is 0 Å². The lowest BCUT2D eigenvalue weighted by Crippen LogP contribution is -2.41. The van der Waals surface area contributed by atoms with Crippen LogP contribution in [0.4, 0.5) is 5.69 Å². The first-order valence-electron chi connectivity index (χ1n) is 11.9. The molecule has 4 aromatic carbocycles. The third kappa shape index (κ3) is 3.61. The molecule has 0 spiro atoms. The molecule has 0 fully saturated rings. The van der Waals surface area contributed by atoms with Gasteiger partial charge in [-0.15, -0.1) is 0 Å². The van der Waals surface area contributed by atoms with E-state index in [1.807, 2.05) is 95.8 Å². The predicted molar refractivity (Wildman–Crippen MR) is 140 cm³/mol. The number of nitrogens with zero attached hydrogens (tertiary/aromatic N) is 2. The van der Waals surface area contributed by atoms with E-state index < -0.39 is 11.5 Å². The van der Waals surface area contributed by atoms with Gasteiger partial charge in [0.05, 0.1) is 18.7 Å². The second-order valence-corrected chi connectivity index (χ2v) is 9.15. The molecule has 1 unspecified atom stereocenters. The van der Waals surface area contributed by atoms with Crippen LogP contribution in [0.2, 0.25) is 0 Å². The molecule has 1 atom stereocenters. The fraction of sp³-hybridized carbons (Fsp3) is 0.0968. The van der Waals surface area contributed by atoms with E-state index in [0.717, 1.165) is 22.0 Å². The Hall–Kier alpha value is -4.48. The highest BCUT2D eigenvalue weighted by Crippen LogP contribution is 2.44. The number of ketones is 1. The number of aromatic nitrogens is 1. The zero-order valence-corrected chi connectivity index (χ0v) is 19.5. The lowest BCUT2D eigenvalue weighted by atomic mass is 9.88. The molecule has 1 aromatic heterocycles. The van der Waals surface area contributed by atoms with Crippen molar-refractivity contribution in [2.75, 3.05) is 4.90 Å². The summed E-state index contributed by atoms with van der Waals surface area (Å²) < 4.78 is 1.91. The monoisotopic (exact) mass is 472 g/mol. The summed E-state index contributed by atoms with van der Waals surface area (Å²) in [4.78, 5) is 28.7. The fourth-order valence-corrected chi connectivity index (χ4v) is 5.12. The lowest BCUT2D eigenvalue weighted by Gasteiger charge is -2.23. The normalized spacial score (nSPS) is 16.9. The van der Waals surface area contributed by atoms with Crippen LogP contribution in [-0.4, -0.2) is 21.4 Å². The number of carbonyl (C=O) groups excluding carboxylic acids is 2. The Kier molecular flexibility index (Phi) is 5.28. The summed E-state index contributed by atoms with van der Waals surface area (Å²) in [5.41, 5.74) is 1.44. The van der Waals surface area contributed by atoms with Gasteiger partial charge in [0.25, 0.3) is 5.91 Å². The highest BCUT2D eigenvalue weighted by atomic mass is 16.3. The summed E-state index contributed by atoms with van der Waals surface area (Å²) >= 11 is 0. The molecular formula is C31H24N2O3. The summed E-state index contributed by atoms with van der Waals surface area (Å²) in [6.07, 6.45) is 3.47. The number of fused-ring (bicyclic) bond motifs is 2. The number of Topliss-reactive ketones (excluding diaryl/α,β-unsaturated/α-hetero) is 1. The van der Waals surface area contributed by atoms with Gasteiger partial charge >= 0.3 is 0 Å². The summed E-state index contributed by atoms with van der Waals surface area (Å²) in [5.74, 6) is -0.770. The summed E-state index contributed by atoms with van der Waals surface area (Å²) in [5, 5.41) is 13.9.